The molecule has 0 radical (unpaired) electrons. The van der Waals surface area contributed by atoms with E-state index < -0.39 is 0 Å². The Morgan fingerprint density at radius 2 is 1.81 bits per heavy atom. The fourth-order valence-corrected chi connectivity index (χ4v) is 3.91. The summed E-state index contributed by atoms with van der Waals surface area (Å²) in [6.07, 6.45) is 2.09. The van der Waals surface area contributed by atoms with Gasteiger partial charge in [-0.1, -0.05) is 40.2 Å². The average Bonchev–Trinajstić information content (AvgIpc) is 2.89. The lowest BCUT2D eigenvalue weighted by Gasteiger charge is -2.00. The number of hydrogen-bond donors (Lipinski definition) is 0. The first-order valence-corrected chi connectivity index (χ1v) is 9.38. The number of aryl methyl sites for hydroxylation is 1. The van der Waals surface area contributed by atoms with Gasteiger partial charge in [-0.05, 0) is 37.4 Å². The summed E-state index contributed by atoms with van der Waals surface area (Å²) in [7, 11) is 0. The van der Waals surface area contributed by atoms with Crippen molar-refractivity contribution in [3.05, 3.63) is 57.9 Å². The van der Waals surface area contributed by atoms with Crippen LogP contribution in [0.1, 0.15) is 4.88 Å². The van der Waals surface area contributed by atoms with Gasteiger partial charge >= 0.3 is 0 Å². The topological polar surface area (TPSA) is 12.9 Å². The molecule has 0 bridgehead atoms. The molecular weight excluding hydrogens is 362 g/mol. The Hall–Kier alpha value is -1.10. The van der Waals surface area contributed by atoms with Crippen molar-refractivity contribution >= 4 is 39.0 Å². The normalized spacial score (nSPS) is 10.8. The molecule has 4 heteroatoms. The van der Waals surface area contributed by atoms with E-state index in [1.165, 1.54) is 15.3 Å². The molecule has 106 valence electrons. The zero-order chi connectivity index (χ0) is 14.8. The van der Waals surface area contributed by atoms with E-state index >= 15 is 0 Å². The van der Waals surface area contributed by atoms with Crippen molar-refractivity contribution in [2.24, 2.45) is 0 Å². The summed E-state index contributed by atoms with van der Waals surface area (Å²) < 4.78 is 1.08. The number of aromatic nitrogens is 1. The minimum Gasteiger partial charge on any atom is -0.236 e. The quantitative estimate of drug-likeness (QED) is 0.500. The Kier molecular flexibility index (Phi) is 4.48. The van der Waals surface area contributed by atoms with Crippen LogP contribution in [0.15, 0.2) is 57.9 Å². The van der Waals surface area contributed by atoms with Crippen LogP contribution >= 0.6 is 39.0 Å². The molecule has 3 aromatic rings. The van der Waals surface area contributed by atoms with E-state index in [0.29, 0.717) is 0 Å². The van der Waals surface area contributed by atoms with Gasteiger partial charge in [-0.25, -0.2) is 4.98 Å². The molecule has 2 aromatic carbocycles. The number of thioether (sulfide) groups is 1. The summed E-state index contributed by atoms with van der Waals surface area (Å²) in [6, 6.07) is 16.9. The standard InChI is InChI=1S/C17H14BrNS2/c1-11-16(13-4-3-5-14(18)10-13)19-17(21-11)12-6-8-15(20-2)9-7-12/h3-10H,1-2H3. The Labute approximate surface area is 141 Å². The molecule has 1 aromatic heterocycles. The second-order valence-corrected chi connectivity index (χ2v) is 7.66. The van der Waals surface area contributed by atoms with E-state index in [2.05, 4.69) is 65.5 Å². The molecule has 0 saturated carbocycles. The number of nitrogens with zero attached hydrogens (tertiary/aromatic N) is 1. The van der Waals surface area contributed by atoms with Gasteiger partial charge in [0.1, 0.15) is 5.01 Å². The van der Waals surface area contributed by atoms with Gasteiger partial charge < -0.3 is 0 Å². The van der Waals surface area contributed by atoms with Crippen molar-refractivity contribution in [3.63, 3.8) is 0 Å². The molecular formula is C17H14BrNS2. The van der Waals surface area contributed by atoms with Crippen LogP contribution in [0, 0.1) is 6.92 Å². The molecule has 21 heavy (non-hydrogen) atoms. The van der Waals surface area contributed by atoms with Gasteiger partial charge in [0.05, 0.1) is 5.69 Å². The Morgan fingerprint density at radius 3 is 2.48 bits per heavy atom. The van der Waals surface area contributed by atoms with Gasteiger partial charge in [0.25, 0.3) is 0 Å². The van der Waals surface area contributed by atoms with Gasteiger partial charge in [0.15, 0.2) is 0 Å². The number of thiazole rings is 1. The van der Waals surface area contributed by atoms with Crippen LogP contribution in [0.4, 0.5) is 0 Å². The number of halogens is 1. The summed E-state index contributed by atoms with van der Waals surface area (Å²) in [5.41, 5.74) is 3.41. The van der Waals surface area contributed by atoms with Crippen molar-refractivity contribution in [3.8, 4) is 21.8 Å². The molecule has 1 heterocycles. The first kappa shape index (κ1) is 14.8. The minimum absolute atomic E-state index is 1.07. The zero-order valence-corrected chi connectivity index (χ0v) is 15.0. The maximum Gasteiger partial charge on any atom is 0.124 e. The molecule has 0 aliphatic carbocycles. The summed E-state index contributed by atoms with van der Waals surface area (Å²) in [4.78, 5) is 7.36. The van der Waals surface area contributed by atoms with Gasteiger partial charge in [-0.3, -0.25) is 0 Å². The van der Waals surface area contributed by atoms with Crippen LogP contribution in [0.25, 0.3) is 21.8 Å². The average molecular weight is 376 g/mol. The summed E-state index contributed by atoms with van der Waals surface area (Å²) in [6.45, 7) is 2.13. The Bertz CT molecular complexity index is 763. The largest absolute Gasteiger partial charge is 0.236 e. The van der Waals surface area contributed by atoms with Crippen molar-refractivity contribution in [1.82, 2.24) is 4.98 Å². The van der Waals surface area contributed by atoms with Gasteiger partial charge in [0.2, 0.25) is 0 Å². The SMILES string of the molecule is CSc1ccc(-c2nc(-c3cccc(Br)c3)c(C)s2)cc1. The molecule has 0 amide bonds. The third-order valence-electron chi connectivity index (χ3n) is 3.23. The molecule has 0 aliphatic heterocycles. The van der Waals surface area contributed by atoms with E-state index in [-0.39, 0.29) is 0 Å². The fraction of sp³-hybridized carbons (Fsp3) is 0.118. The predicted octanol–water partition coefficient (Wildman–Crippen LogP) is 6.27. The number of hydrogen-bond acceptors (Lipinski definition) is 3. The number of rotatable bonds is 3. The van der Waals surface area contributed by atoms with E-state index in [0.717, 1.165) is 20.7 Å². The van der Waals surface area contributed by atoms with E-state index in [1.807, 2.05) is 12.1 Å². The summed E-state index contributed by atoms with van der Waals surface area (Å²) in [5, 5.41) is 1.08. The first-order chi connectivity index (χ1) is 10.2. The highest BCUT2D eigenvalue weighted by Crippen LogP contribution is 2.34. The van der Waals surface area contributed by atoms with Gasteiger partial charge in [-0.2, -0.15) is 0 Å². The van der Waals surface area contributed by atoms with Crippen LogP contribution in [0.5, 0.6) is 0 Å². The van der Waals surface area contributed by atoms with Crippen LogP contribution in [0.3, 0.4) is 0 Å². The monoisotopic (exact) mass is 375 g/mol. The lowest BCUT2D eigenvalue weighted by atomic mass is 10.1. The molecule has 3 rings (SSSR count). The lowest BCUT2D eigenvalue weighted by molar-refractivity contribution is 1.36. The van der Waals surface area contributed by atoms with Crippen LogP contribution in [-0.4, -0.2) is 11.2 Å². The highest BCUT2D eigenvalue weighted by molar-refractivity contribution is 9.10. The highest BCUT2D eigenvalue weighted by Gasteiger charge is 2.11. The zero-order valence-electron chi connectivity index (χ0n) is 11.8. The third-order valence-corrected chi connectivity index (χ3v) is 5.49. The van der Waals surface area contributed by atoms with Crippen LogP contribution < -0.4 is 0 Å². The second-order valence-electron chi connectivity index (χ2n) is 4.66. The fourth-order valence-electron chi connectivity index (χ4n) is 2.16. The molecule has 0 fully saturated rings. The van der Waals surface area contributed by atoms with E-state index in [9.17, 15) is 0 Å². The summed E-state index contributed by atoms with van der Waals surface area (Å²) >= 11 is 7.03. The van der Waals surface area contributed by atoms with E-state index in [1.54, 1.807) is 23.1 Å². The van der Waals surface area contributed by atoms with E-state index in [4.69, 9.17) is 4.98 Å². The van der Waals surface area contributed by atoms with Crippen molar-refractivity contribution < 1.29 is 0 Å². The first-order valence-electron chi connectivity index (χ1n) is 6.55. The highest BCUT2D eigenvalue weighted by atomic mass is 79.9. The van der Waals surface area contributed by atoms with Crippen molar-refractivity contribution in [2.45, 2.75) is 11.8 Å². The summed E-state index contributed by atoms with van der Waals surface area (Å²) in [5.74, 6) is 0. The molecule has 0 saturated heterocycles. The smallest absolute Gasteiger partial charge is 0.124 e. The second kappa shape index (κ2) is 6.34. The Balaban J connectivity index is 2.00. The lowest BCUT2D eigenvalue weighted by Crippen LogP contribution is -1.81. The predicted molar refractivity (Wildman–Crippen MR) is 97.2 cm³/mol. The molecule has 0 aliphatic rings. The molecule has 0 spiro atoms. The van der Waals surface area contributed by atoms with Gasteiger partial charge in [0, 0.05) is 25.4 Å². The minimum atomic E-state index is 1.07. The van der Waals surface area contributed by atoms with Crippen molar-refractivity contribution in [2.75, 3.05) is 6.26 Å². The molecule has 0 N–H and O–H groups in total. The van der Waals surface area contributed by atoms with Crippen LogP contribution in [-0.2, 0) is 0 Å². The van der Waals surface area contributed by atoms with Crippen LogP contribution in [0.2, 0.25) is 0 Å². The van der Waals surface area contributed by atoms with Crippen molar-refractivity contribution in [1.29, 1.82) is 0 Å². The Morgan fingerprint density at radius 1 is 1.05 bits per heavy atom. The molecule has 0 unspecified atom stereocenters. The maximum absolute atomic E-state index is 4.84. The molecule has 0 atom stereocenters. The maximum atomic E-state index is 4.84. The van der Waals surface area contributed by atoms with Gasteiger partial charge in [-0.15, -0.1) is 23.1 Å². The number of benzene rings is 2. The third kappa shape index (κ3) is 3.23. The molecule has 1 nitrogen and oxygen atoms in total.